The number of rotatable bonds is 4. The van der Waals surface area contributed by atoms with Gasteiger partial charge in [-0.05, 0) is 13.3 Å². The minimum absolute atomic E-state index is 0.00174. The van der Waals surface area contributed by atoms with E-state index < -0.39 is 0 Å². The second-order valence-corrected chi connectivity index (χ2v) is 5.48. The Morgan fingerprint density at radius 1 is 1.59 bits per heavy atom. The summed E-state index contributed by atoms with van der Waals surface area (Å²) < 4.78 is 0. The third-order valence-electron chi connectivity index (χ3n) is 2.48. The predicted octanol–water partition coefficient (Wildman–Crippen LogP) is 1.77. The number of carbonyl (C=O) groups excluding carboxylic acids is 1. The highest BCUT2D eigenvalue weighted by Gasteiger charge is 2.17. The Kier molecular flexibility index (Phi) is 4.28. The molecule has 0 spiro atoms. The minimum Gasteiger partial charge on any atom is -0.328 e. The molecule has 1 unspecified atom stereocenters. The molecule has 0 fully saturated rings. The Bertz CT molecular complexity index is 376. The predicted molar refractivity (Wildman–Crippen MR) is 68.8 cm³/mol. The van der Waals surface area contributed by atoms with Crippen LogP contribution in [0.1, 0.15) is 46.2 Å². The second kappa shape index (κ2) is 5.31. The highest BCUT2D eigenvalue weighted by Crippen LogP contribution is 2.21. The smallest absolute Gasteiger partial charge is 0.225 e. The van der Waals surface area contributed by atoms with E-state index in [1.54, 1.807) is 0 Å². The number of hydrogen-bond donors (Lipinski definition) is 3. The summed E-state index contributed by atoms with van der Waals surface area (Å²) in [5, 5.41) is 9.74. The van der Waals surface area contributed by atoms with E-state index in [2.05, 4.69) is 36.3 Å². The number of nitrogens with one attached hydrogen (secondary N) is 2. The topological polar surface area (TPSA) is 83.8 Å². The van der Waals surface area contributed by atoms with Gasteiger partial charge < -0.3 is 11.1 Å². The van der Waals surface area contributed by atoms with Crippen LogP contribution >= 0.6 is 0 Å². The van der Waals surface area contributed by atoms with E-state index in [1.165, 1.54) is 0 Å². The van der Waals surface area contributed by atoms with Gasteiger partial charge in [0.1, 0.15) is 0 Å². The molecule has 0 aromatic carbocycles. The summed E-state index contributed by atoms with van der Waals surface area (Å²) in [7, 11) is 0. The Labute approximate surface area is 102 Å². The molecule has 4 N–H and O–H groups in total. The van der Waals surface area contributed by atoms with Crippen LogP contribution in [-0.4, -0.2) is 22.1 Å². The standard InChI is InChI=1S/C12H22N4O/c1-8(13)5-6-11(17)14-10-7-9(15-16-10)12(2,3)4/h7-8H,5-6,13H2,1-4H3,(H2,14,15,16,17). The van der Waals surface area contributed by atoms with E-state index >= 15 is 0 Å². The van der Waals surface area contributed by atoms with E-state index in [0.29, 0.717) is 18.7 Å². The number of amides is 1. The van der Waals surface area contributed by atoms with Crippen molar-refractivity contribution in [1.82, 2.24) is 10.2 Å². The minimum atomic E-state index is -0.0470. The fraction of sp³-hybridized carbons (Fsp3) is 0.667. The van der Waals surface area contributed by atoms with Gasteiger partial charge in [0.2, 0.25) is 5.91 Å². The molecular weight excluding hydrogens is 216 g/mol. The van der Waals surface area contributed by atoms with Gasteiger partial charge in [-0.1, -0.05) is 20.8 Å². The lowest BCUT2D eigenvalue weighted by molar-refractivity contribution is -0.116. The zero-order valence-electron chi connectivity index (χ0n) is 11.0. The number of aromatic amines is 1. The van der Waals surface area contributed by atoms with Crippen LogP contribution in [0.5, 0.6) is 0 Å². The molecule has 0 radical (unpaired) electrons. The fourth-order valence-electron chi connectivity index (χ4n) is 1.33. The molecule has 0 aliphatic carbocycles. The number of nitrogens with two attached hydrogens (primary N) is 1. The van der Waals surface area contributed by atoms with E-state index in [1.807, 2.05) is 13.0 Å². The van der Waals surface area contributed by atoms with Gasteiger partial charge in [-0.2, -0.15) is 5.10 Å². The Balaban J connectivity index is 2.52. The number of H-pyrrole nitrogens is 1. The average Bonchev–Trinajstić information content (AvgIpc) is 2.62. The summed E-state index contributed by atoms with van der Waals surface area (Å²) >= 11 is 0. The molecule has 1 rings (SSSR count). The average molecular weight is 238 g/mol. The number of hydrogen-bond acceptors (Lipinski definition) is 3. The quantitative estimate of drug-likeness (QED) is 0.747. The van der Waals surface area contributed by atoms with Crippen molar-refractivity contribution in [2.45, 2.75) is 52.0 Å². The molecule has 1 heterocycles. The van der Waals surface area contributed by atoms with Crippen molar-refractivity contribution < 1.29 is 4.79 Å². The van der Waals surface area contributed by atoms with Gasteiger partial charge in [0.05, 0.1) is 0 Å². The highest BCUT2D eigenvalue weighted by molar-refractivity contribution is 5.89. The van der Waals surface area contributed by atoms with Crippen molar-refractivity contribution >= 4 is 11.7 Å². The van der Waals surface area contributed by atoms with Crippen molar-refractivity contribution in [3.8, 4) is 0 Å². The van der Waals surface area contributed by atoms with E-state index in [4.69, 9.17) is 5.73 Å². The molecule has 1 aromatic heterocycles. The van der Waals surface area contributed by atoms with Crippen LogP contribution in [0.15, 0.2) is 6.07 Å². The van der Waals surface area contributed by atoms with Crippen LogP contribution in [0.4, 0.5) is 5.82 Å². The van der Waals surface area contributed by atoms with Crippen molar-refractivity contribution in [1.29, 1.82) is 0 Å². The van der Waals surface area contributed by atoms with E-state index in [-0.39, 0.29) is 17.4 Å². The summed E-state index contributed by atoms with van der Waals surface area (Å²) in [6.45, 7) is 8.15. The third-order valence-corrected chi connectivity index (χ3v) is 2.48. The maximum Gasteiger partial charge on any atom is 0.225 e. The van der Waals surface area contributed by atoms with Crippen LogP contribution in [0.25, 0.3) is 0 Å². The lowest BCUT2D eigenvalue weighted by Crippen LogP contribution is -2.19. The van der Waals surface area contributed by atoms with E-state index in [9.17, 15) is 4.79 Å². The maximum atomic E-state index is 11.6. The molecule has 96 valence electrons. The van der Waals surface area contributed by atoms with Crippen LogP contribution in [0.3, 0.4) is 0 Å². The second-order valence-electron chi connectivity index (χ2n) is 5.48. The van der Waals surface area contributed by atoms with Crippen LogP contribution in [0, 0.1) is 0 Å². The Hall–Kier alpha value is -1.36. The number of carbonyl (C=O) groups is 1. The van der Waals surface area contributed by atoms with Crippen molar-refractivity contribution in [3.05, 3.63) is 11.8 Å². The first-order valence-corrected chi connectivity index (χ1v) is 5.90. The molecule has 5 heteroatoms. The first-order valence-electron chi connectivity index (χ1n) is 5.90. The Morgan fingerprint density at radius 3 is 2.71 bits per heavy atom. The van der Waals surface area contributed by atoms with Crippen LogP contribution < -0.4 is 11.1 Å². The molecule has 0 aliphatic rings. The van der Waals surface area contributed by atoms with Gasteiger partial charge in [0.25, 0.3) is 0 Å². The monoisotopic (exact) mass is 238 g/mol. The summed E-state index contributed by atoms with van der Waals surface area (Å²) in [6.07, 6.45) is 1.11. The Morgan fingerprint density at radius 2 is 2.24 bits per heavy atom. The molecule has 1 amide bonds. The SMILES string of the molecule is CC(N)CCC(=O)Nc1cc(C(C)(C)C)[nH]n1. The molecule has 0 bridgehead atoms. The fourth-order valence-corrected chi connectivity index (χ4v) is 1.33. The van der Waals surface area contributed by atoms with Gasteiger partial charge in [-0.25, -0.2) is 0 Å². The number of anilines is 1. The molecule has 1 aromatic rings. The van der Waals surface area contributed by atoms with Crippen molar-refractivity contribution in [2.75, 3.05) is 5.32 Å². The highest BCUT2D eigenvalue weighted by atomic mass is 16.1. The lowest BCUT2D eigenvalue weighted by Gasteiger charge is -2.14. The molecule has 0 saturated carbocycles. The van der Waals surface area contributed by atoms with Crippen LogP contribution in [0.2, 0.25) is 0 Å². The lowest BCUT2D eigenvalue weighted by atomic mass is 9.92. The third kappa shape index (κ3) is 4.56. The first kappa shape index (κ1) is 13.7. The van der Waals surface area contributed by atoms with Gasteiger partial charge >= 0.3 is 0 Å². The van der Waals surface area contributed by atoms with Gasteiger partial charge in [-0.3, -0.25) is 9.89 Å². The molecule has 1 atom stereocenters. The molecule has 17 heavy (non-hydrogen) atoms. The summed E-state index contributed by atoms with van der Waals surface area (Å²) in [5.74, 6) is 0.527. The molecule has 5 nitrogen and oxygen atoms in total. The summed E-state index contributed by atoms with van der Waals surface area (Å²) in [5.41, 5.74) is 6.60. The normalized spacial score (nSPS) is 13.5. The maximum absolute atomic E-state index is 11.6. The van der Waals surface area contributed by atoms with Crippen molar-refractivity contribution in [2.24, 2.45) is 5.73 Å². The molecule has 0 saturated heterocycles. The van der Waals surface area contributed by atoms with Crippen molar-refractivity contribution in [3.63, 3.8) is 0 Å². The van der Waals surface area contributed by atoms with E-state index in [0.717, 1.165) is 5.69 Å². The summed E-state index contributed by atoms with van der Waals surface area (Å²) in [4.78, 5) is 11.6. The van der Waals surface area contributed by atoms with Gasteiger partial charge in [-0.15, -0.1) is 0 Å². The molecular formula is C12H22N4O. The zero-order chi connectivity index (χ0) is 13.1. The number of aromatic nitrogens is 2. The van der Waals surface area contributed by atoms with Crippen LogP contribution in [-0.2, 0) is 10.2 Å². The molecule has 0 aliphatic heterocycles. The summed E-state index contributed by atoms with van der Waals surface area (Å²) in [6, 6.07) is 1.91. The number of nitrogens with zero attached hydrogens (tertiary/aromatic N) is 1. The van der Waals surface area contributed by atoms with Gasteiger partial charge in [0.15, 0.2) is 5.82 Å². The first-order chi connectivity index (χ1) is 7.79. The zero-order valence-corrected chi connectivity index (χ0v) is 11.0. The van der Waals surface area contributed by atoms with Gasteiger partial charge in [0, 0.05) is 29.6 Å². The largest absolute Gasteiger partial charge is 0.328 e.